The smallest absolute Gasteiger partial charge is 0.246 e. The molecule has 2 bridgehead atoms. The van der Waals surface area contributed by atoms with Gasteiger partial charge in [0.25, 0.3) is 0 Å². The van der Waals surface area contributed by atoms with Gasteiger partial charge in [0, 0.05) is 18.4 Å². The van der Waals surface area contributed by atoms with E-state index >= 15 is 0 Å². The lowest BCUT2D eigenvalue weighted by Crippen LogP contribution is -2.37. The summed E-state index contributed by atoms with van der Waals surface area (Å²) in [5, 5.41) is 0. The highest BCUT2D eigenvalue weighted by atomic mass is 16.2. The van der Waals surface area contributed by atoms with Gasteiger partial charge in [0.1, 0.15) is 0 Å². The molecule has 2 fully saturated rings. The standard InChI is InChI=1S/C22H21N3O2/c1-23-20(26)24(14-7-3-2-4-8-14)21(27)25(23)19-17-13-18(22(19)11-12-22)16-10-6-5-9-15(16)17/h2-10,17-19H,11-13H2,1H3/t17-,18-,19-/m0/s1. The zero-order valence-electron chi connectivity index (χ0n) is 15.2. The Labute approximate surface area is 156 Å². The molecule has 5 nitrogen and oxygen atoms in total. The summed E-state index contributed by atoms with van der Waals surface area (Å²) in [6.07, 6.45) is 3.38. The highest BCUT2D eigenvalue weighted by Gasteiger charge is 2.67. The van der Waals surface area contributed by atoms with Crippen molar-refractivity contribution in [1.29, 1.82) is 0 Å². The fraction of sp³-hybridized carbons (Fsp3) is 0.364. The molecule has 3 aromatic rings. The minimum atomic E-state index is -0.266. The molecule has 0 aliphatic heterocycles. The maximum atomic E-state index is 13.4. The van der Waals surface area contributed by atoms with Gasteiger partial charge in [0.2, 0.25) is 0 Å². The quantitative estimate of drug-likeness (QED) is 0.706. The van der Waals surface area contributed by atoms with E-state index in [0.717, 1.165) is 19.3 Å². The molecule has 27 heavy (non-hydrogen) atoms. The third-order valence-electron chi connectivity index (χ3n) is 7.21. The number of aromatic nitrogens is 3. The molecule has 2 aromatic carbocycles. The molecular weight excluding hydrogens is 338 g/mol. The minimum Gasteiger partial charge on any atom is -0.246 e. The van der Waals surface area contributed by atoms with Crippen LogP contribution in [0.1, 0.15) is 48.3 Å². The topological polar surface area (TPSA) is 48.9 Å². The third-order valence-corrected chi connectivity index (χ3v) is 7.21. The van der Waals surface area contributed by atoms with Crippen LogP contribution in [-0.2, 0) is 7.05 Å². The first kappa shape index (κ1) is 15.3. The Kier molecular flexibility index (Phi) is 2.78. The second-order valence-electron chi connectivity index (χ2n) is 8.31. The van der Waals surface area contributed by atoms with E-state index in [2.05, 4.69) is 24.3 Å². The molecule has 5 heteroatoms. The number of para-hydroxylation sites is 1. The van der Waals surface area contributed by atoms with E-state index < -0.39 is 0 Å². The molecule has 1 spiro atoms. The molecule has 0 unspecified atom stereocenters. The van der Waals surface area contributed by atoms with Gasteiger partial charge < -0.3 is 0 Å². The fourth-order valence-corrected chi connectivity index (χ4v) is 5.98. The fourth-order valence-electron chi connectivity index (χ4n) is 5.98. The largest absolute Gasteiger partial charge is 0.352 e. The molecule has 3 aliphatic carbocycles. The summed E-state index contributed by atoms with van der Waals surface area (Å²) in [6, 6.07) is 18.0. The van der Waals surface area contributed by atoms with Gasteiger partial charge >= 0.3 is 11.4 Å². The van der Waals surface area contributed by atoms with Crippen molar-refractivity contribution >= 4 is 0 Å². The molecule has 0 N–H and O–H groups in total. The van der Waals surface area contributed by atoms with Crippen LogP contribution in [-0.4, -0.2) is 13.9 Å². The lowest BCUT2D eigenvalue weighted by Gasteiger charge is -2.33. The molecule has 3 aliphatic rings. The Morgan fingerprint density at radius 1 is 0.889 bits per heavy atom. The molecule has 136 valence electrons. The zero-order valence-corrected chi connectivity index (χ0v) is 15.2. The van der Waals surface area contributed by atoms with Crippen LogP contribution >= 0.6 is 0 Å². The van der Waals surface area contributed by atoms with Crippen LogP contribution < -0.4 is 11.4 Å². The normalized spacial score (nSPS) is 26.5. The van der Waals surface area contributed by atoms with Crippen molar-refractivity contribution in [3.05, 3.63) is 86.7 Å². The Hall–Kier alpha value is -2.82. The number of benzene rings is 2. The van der Waals surface area contributed by atoms with Crippen molar-refractivity contribution in [2.75, 3.05) is 0 Å². The van der Waals surface area contributed by atoms with E-state index in [0.29, 0.717) is 17.5 Å². The Bertz CT molecular complexity index is 1180. The summed E-state index contributed by atoms with van der Waals surface area (Å²) in [5.41, 5.74) is 3.15. The lowest BCUT2D eigenvalue weighted by atomic mass is 9.77. The van der Waals surface area contributed by atoms with Gasteiger partial charge in [-0.05, 0) is 48.4 Å². The molecule has 0 saturated heterocycles. The van der Waals surface area contributed by atoms with E-state index in [1.807, 2.05) is 30.3 Å². The van der Waals surface area contributed by atoms with E-state index in [1.54, 1.807) is 16.4 Å². The number of rotatable bonds is 2. The maximum Gasteiger partial charge on any atom is 0.352 e. The van der Waals surface area contributed by atoms with E-state index in [4.69, 9.17) is 0 Å². The summed E-state index contributed by atoms with van der Waals surface area (Å²) >= 11 is 0. The number of fused-ring (bicyclic) bond motifs is 6. The SMILES string of the molecule is Cn1c(=O)n(-c2ccccc2)c(=O)n1[C@H]1[C@H]2C[C@@H](c3ccccc32)C12CC2. The number of hydrogen-bond acceptors (Lipinski definition) is 2. The molecule has 1 heterocycles. The van der Waals surface area contributed by atoms with Crippen molar-refractivity contribution < 1.29 is 0 Å². The number of nitrogens with zero attached hydrogens (tertiary/aromatic N) is 3. The summed E-state index contributed by atoms with van der Waals surface area (Å²) in [5.74, 6) is 0.842. The summed E-state index contributed by atoms with van der Waals surface area (Å²) in [6.45, 7) is 0. The van der Waals surface area contributed by atoms with Crippen LogP contribution in [0.4, 0.5) is 0 Å². The molecule has 2 saturated carbocycles. The zero-order chi connectivity index (χ0) is 18.3. The van der Waals surface area contributed by atoms with Crippen LogP contribution in [0, 0.1) is 5.41 Å². The van der Waals surface area contributed by atoms with Gasteiger partial charge in [-0.1, -0.05) is 42.5 Å². The van der Waals surface area contributed by atoms with Crippen molar-refractivity contribution in [3.63, 3.8) is 0 Å². The third kappa shape index (κ3) is 1.75. The van der Waals surface area contributed by atoms with Crippen molar-refractivity contribution in [3.8, 4) is 5.69 Å². The van der Waals surface area contributed by atoms with Gasteiger partial charge in [-0.25, -0.2) is 23.5 Å². The summed E-state index contributed by atoms with van der Waals surface area (Å²) in [7, 11) is 1.73. The Morgan fingerprint density at radius 3 is 2.26 bits per heavy atom. The van der Waals surface area contributed by atoms with Crippen LogP contribution in [0.15, 0.2) is 64.2 Å². The van der Waals surface area contributed by atoms with Gasteiger partial charge in [-0.2, -0.15) is 0 Å². The molecule has 0 radical (unpaired) electrons. The molecule has 1 aromatic heterocycles. The predicted octanol–water partition coefficient (Wildman–Crippen LogP) is 2.94. The highest BCUT2D eigenvalue weighted by molar-refractivity contribution is 5.47. The van der Waals surface area contributed by atoms with Crippen molar-refractivity contribution in [2.24, 2.45) is 12.5 Å². The van der Waals surface area contributed by atoms with Gasteiger partial charge in [-0.15, -0.1) is 0 Å². The molecule has 3 atom stereocenters. The van der Waals surface area contributed by atoms with Gasteiger partial charge in [-0.3, -0.25) is 0 Å². The van der Waals surface area contributed by atoms with Crippen molar-refractivity contribution in [1.82, 2.24) is 13.9 Å². The first-order chi connectivity index (χ1) is 13.1. The van der Waals surface area contributed by atoms with E-state index in [-0.39, 0.29) is 22.8 Å². The Morgan fingerprint density at radius 2 is 1.56 bits per heavy atom. The molecule has 6 rings (SSSR count). The average molecular weight is 359 g/mol. The first-order valence-corrected chi connectivity index (χ1v) is 9.68. The maximum absolute atomic E-state index is 13.4. The summed E-state index contributed by atoms with van der Waals surface area (Å²) < 4.78 is 4.63. The van der Waals surface area contributed by atoms with Gasteiger partial charge in [0.05, 0.1) is 11.7 Å². The van der Waals surface area contributed by atoms with E-state index in [1.165, 1.54) is 15.7 Å². The highest BCUT2D eigenvalue weighted by Crippen LogP contribution is 2.76. The second kappa shape index (κ2) is 4.91. The second-order valence-corrected chi connectivity index (χ2v) is 8.31. The van der Waals surface area contributed by atoms with Crippen molar-refractivity contribution in [2.45, 2.75) is 37.1 Å². The lowest BCUT2D eigenvalue weighted by molar-refractivity contribution is 0.245. The average Bonchev–Trinajstić information content (AvgIpc) is 3.22. The van der Waals surface area contributed by atoms with Gasteiger partial charge in [0.15, 0.2) is 0 Å². The van der Waals surface area contributed by atoms with Crippen LogP contribution in [0.5, 0.6) is 0 Å². The van der Waals surface area contributed by atoms with Crippen LogP contribution in [0.3, 0.4) is 0 Å². The van der Waals surface area contributed by atoms with Crippen LogP contribution in [0.25, 0.3) is 5.69 Å². The van der Waals surface area contributed by atoms with E-state index in [9.17, 15) is 9.59 Å². The first-order valence-electron chi connectivity index (χ1n) is 9.68. The summed E-state index contributed by atoms with van der Waals surface area (Å²) in [4.78, 5) is 26.4. The Balaban J connectivity index is 1.58. The minimum absolute atomic E-state index is 0.0764. The number of hydrogen-bond donors (Lipinski definition) is 0. The monoisotopic (exact) mass is 359 g/mol. The molecular formula is C22H21N3O2. The predicted molar refractivity (Wildman–Crippen MR) is 103 cm³/mol. The molecule has 0 amide bonds. The van der Waals surface area contributed by atoms with Crippen LogP contribution in [0.2, 0.25) is 0 Å².